The third-order valence-corrected chi connectivity index (χ3v) is 4.32. The van der Waals surface area contributed by atoms with E-state index in [0.717, 1.165) is 39.1 Å². The first kappa shape index (κ1) is 15.7. The third-order valence-electron chi connectivity index (χ3n) is 4.32. The Bertz CT molecular complexity index is 264. The predicted molar refractivity (Wildman–Crippen MR) is 74.0 cm³/mol. The monoisotopic (exact) mass is 276 g/mol. The van der Waals surface area contributed by atoms with Crippen LogP contribution in [0.3, 0.4) is 0 Å². The molecule has 0 aromatic rings. The van der Waals surface area contributed by atoms with E-state index in [1.807, 2.05) is 0 Å². The SMILES string of the molecule is COCCC1(CNC(=O)C2CCNC2)CCC1.Cl. The van der Waals surface area contributed by atoms with Crippen molar-refractivity contribution in [2.75, 3.05) is 33.4 Å². The van der Waals surface area contributed by atoms with E-state index in [1.165, 1.54) is 19.3 Å². The van der Waals surface area contributed by atoms with E-state index in [0.29, 0.717) is 5.41 Å². The molecule has 2 N–H and O–H groups in total. The van der Waals surface area contributed by atoms with E-state index in [1.54, 1.807) is 7.11 Å². The van der Waals surface area contributed by atoms with Crippen LogP contribution in [-0.4, -0.2) is 39.3 Å². The minimum Gasteiger partial charge on any atom is -0.385 e. The second-order valence-electron chi connectivity index (χ2n) is 5.50. The molecular weight excluding hydrogens is 252 g/mol. The molecule has 2 fully saturated rings. The third kappa shape index (κ3) is 3.84. The zero-order valence-corrected chi connectivity index (χ0v) is 12.0. The first-order valence-electron chi connectivity index (χ1n) is 6.73. The molecule has 106 valence electrons. The topological polar surface area (TPSA) is 50.4 Å². The molecule has 2 rings (SSSR count). The van der Waals surface area contributed by atoms with Gasteiger partial charge in [-0.2, -0.15) is 0 Å². The van der Waals surface area contributed by atoms with Crippen LogP contribution in [0.4, 0.5) is 0 Å². The van der Waals surface area contributed by atoms with Crippen molar-refractivity contribution < 1.29 is 9.53 Å². The Morgan fingerprint density at radius 2 is 2.28 bits per heavy atom. The van der Waals surface area contributed by atoms with E-state index in [9.17, 15) is 4.79 Å². The van der Waals surface area contributed by atoms with Crippen LogP contribution in [0, 0.1) is 11.3 Å². The Labute approximate surface area is 116 Å². The average molecular weight is 277 g/mol. The minimum absolute atomic E-state index is 0. The zero-order chi connectivity index (χ0) is 12.1. The lowest BCUT2D eigenvalue weighted by molar-refractivity contribution is -0.125. The Morgan fingerprint density at radius 3 is 2.78 bits per heavy atom. The molecule has 0 aromatic carbocycles. The van der Waals surface area contributed by atoms with Gasteiger partial charge < -0.3 is 15.4 Å². The van der Waals surface area contributed by atoms with Gasteiger partial charge >= 0.3 is 0 Å². The molecule has 5 heteroatoms. The zero-order valence-electron chi connectivity index (χ0n) is 11.2. The van der Waals surface area contributed by atoms with Gasteiger partial charge in [0.2, 0.25) is 5.91 Å². The molecule has 1 atom stereocenters. The summed E-state index contributed by atoms with van der Waals surface area (Å²) in [6.07, 6.45) is 5.83. The molecule has 1 saturated heterocycles. The summed E-state index contributed by atoms with van der Waals surface area (Å²) in [4.78, 5) is 11.9. The van der Waals surface area contributed by atoms with Crippen LogP contribution in [0.15, 0.2) is 0 Å². The molecule has 0 radical (unpaired) electrons. The number of carbonyl (C=O) groups is 1. The van der Waals surface area contributed by atoms with Gasteiger partial charge in [-0.3, -0.25) is 4.79 Å². The molecule has 1 saturated carbocycles. The van der Waals surface area contributed by atoms with E-state index >= 15 is 0 Å². The van der Waals surface area contributed by atoms with Crippen LogP contribution >= 0.6 is 12.4 Å². The second kappa shape index (κ2) is 7.31. The van der Waals surface area contributed by atoms with Crippen molar-refractivity contribution in [3.63, 3.8) is 0 Å². The fourth-order valence-corrected chi connectivity index (χ4v) is 2.81. The van der Waals surface area contributed by atoms with Gasteiger partial charge in [0.1, 0.15) is 0 Å². The van der Waals surface area contributed by atoms with Gasteiger partial charge in [0, 0.05) is 26.8 Å². The molecule has 1 heterocycles. The molecular formula is C13H25ClN2O2. The molecule has 1 amide bonds. The van der Waals surface area contributed by atoms with Crippen LogP contribution in [0.1, 0.15) is 32.1 Å². The summed E-state index contributed by atoms with van der Waals surface area (Å²) in [6, 6.07) is 0. The molecule has 1 unspecified atom stereocenters. The molecule has 1 aliphatic carbocycles. The largest absolute Gasteiger partial charge is 0.385 e. The summed E-state index contributed by atoms with van der Waals surface area (Å²) >= 11 is 0. The first-order chi connectivity index (χ1) is 8.26. The van der Waals surface area contributed by atoms with Crippen molar-refractivity contribution in [1.82, 2.24) is 10.6 Å². The summed E-state index contributed by atoms with van der Waals surface area (Å²) in [7, 11) is 1.75. The number of ether oxygens (including phenoxy) is 1. The van der Waals surface area contributed by atoms with Gasteiger partial charge in [-0.1, -0.05) is 6.42 Å². The summed E-state index contributed by atoms with van der Waals surface area (Å²) in [5, 5.41) is 6.37. The minimum atomic E-state index is 0. The normalized spacial score (nSPS) is 25.1. The number of carbonyl (C=O) groups excluding carboxylic acids is 1. The number of nitrogens with one attached hydrogen (secondary N) is 2. The molecule has 18 heavy (non-hydrogen) atoms. The average Bonchev–Trinajstić information content (AvgIpc) is 2.80. The highest BCUT2D eigenvalue weighted by Gasteiger charge is 2.37. The van der Waals surface area contributed by atoms with E-state index in [4.69, 9.17) is 4.74 Å². The Kier molecular flexibility index (Phi) is 6.39. The van der Waals surface area contributed by atoms with Crippen LogP contribution < -0.4 is 10.6 Å². The van der Waals surface area contributed by atoms with Gasteiger partial charge in [0.25, 0.3) is 0 Å². The number of hydrogen-bond donors (Lipinski definition) is 2. The lowest BCUT2D eigenvalue weighted by Gasteiger charge is -2.42. The van der Waals surface area contributed by atoms with Crippen molar-refractivity contribution in [1.29, 1.82) is 0 Å². The van der Waals surface area contributed by atoms with Crippen molar-refractivity contribution in [3.8, 4) is 0 Å². The lowest BCUT2D eigenvalue weighted by Crippen LogP contribution is -2.44. The highest BCUT2D eigenvalue weighted by Crippen LogP contribution is 2.43. The molecule has 2 aliphatic rings. The van der Waals surface area contributed by atoms with Crippen molar-refractivity contribution in [3.05, 3.63) is 0 Å². The molecule has 0 bridgehead atoms. The van der Waals surface area contributed by atoms with Gasteiger partial charge in [-0.25, -0.2) is 0 Å². The number of methoxy groups -OCH3 is 1. The van der Waals surface area contributed by atoms with Gasteiger partial charge in [-0.15, -0.1) is 12.4 Å². The Morgan fingerprint density at radius 1 is 1.50 bits per heavy atom. The first-order valence-corrected chi connectivity index (χ1v) is 6.73. The summed E-state index contributed by atoms with van der Waals surface area (Å²) in [5.74, 6) is 0.424. The maximum atomic E-state index is 11.9. The number of halogens is 1. The highest BCUT2D eigenvalue weighted by molar-refractivity contribution is 5.85. The summed E-state index contributed by atoms with van der Waals surface area (Å²) < 4.78 is 5.16. The van der Waals surface area contributed by atoms with Crippen LogP contribution in [0.2, 0.25) is 0 Å². The van der Waals surface area contributed by atoms with Gasteiger partial charge in [-0.05, 0) is 37.6 Å². The van der Waals surface area contributed by atoms with Crippen molar-refractivity contribution in [2.24, 2.45) is 11.3 Å². The standard InChI is InChI=1S/C13H24N2O2.ClH/c1-17-8-6-13(4-2-5-13)10-15-12(16)11-3-7-14-9-11;/h11,14H,2-10H2,1H3,(H,15,16);1H. The quantitative estimate of drug-likeness (QED) is 0.770. The van der Waals surface area contributed by atoms with E-state index < -0.39 is 0 Å². The van der Waals surface area contributed by atoms with E-state index in [2.05, 4.69) is 10.6 Å². The fourth-order valence-electron chi connectivity index (χ4n) is 2.81. The smallest absolute Gasteiger partial charge is 0.224 e. The van der Waals surface area contributed by atoms with Crippen molar-refractivity contribution in [2.45, 2.75) is 32.1 Å². The Hall–Kier alpha value is -0.320. The molecule has 4 nitrogen and oxygen atoms in total. The summed E-state index contributed by atoms with van der Waals surface area (Å²) in [6.45, 7) is 3.47. The second-order valence-corrected chi connectivity index (χ2v) is 5.50. The number of rotatable bonds is 6. The number of hydrogen-bond acceptors (Lipinski definition) is 3. The van der Waals surface area contributed by atoms with Crippen LogP contribution in [-0.2, 0) is 9.53 Å². The van der Waals surface area contributed by atoms with Crippen LogP contribution in [0.25, 0.3) is 0 Å². The molecule has 0 spiro atoms. The van der Waals surface area contributed by atoms with Crippen molar-refractivity contribution >= 4 is 18.3 Å². The van der Waals surface area contributed by atoms with Gasteiger partial charge in [0.05, 0.1) is 5.92 Å². The Balaban J connectivity index is 0.00000162. The highest BCUT2D eigenvalue weighted by atomic mass is 35.5. The maximum Gasteiger partial charge on any atom is 0.224 e. The maximum absolute atomic E-state index is 11.9. The van der Waals surface area contributed by atoms with Crippen LogP contribution in [0.5, 0.6) is 0 Å². The lowest BCUT2D eigenvalue weighted by atomic mass is 9.66. The fraction of sp³-hybridized carbons (Fsp3) is 0.923. The number of amides is 1. The summed E-state index contributed by atoms with van der Waals surface area (Å²) in [5.41, 5.74) is 0.331. The predicted octanol–water partition coefficient (Wildman–Crippen LogP) is 1.34. The van der Waals surface area contributed by atoms with Gasteiger partial charge in [0.15, 0.2) is 0 Å². The molecule has 0 aromatic heterocycles. The molecule has 1 aliphatic heterocycles. The van der Waals surface area contributed by atoms with E-state index in [-0.39, 0.29) is 24.2 Å².